The molecule has 0 aromatic heterocycles. The minimum absolute atomic E-state index is 0.338. The molecule has 0 unspecified atom stereocenters. The molecule has 0 aromatic carbocycles. The largest absolute Gasteiger partial charge is 0.480 e. The molecule has 0 amide bonds. The highest BCUT2D eigenvalue weighted by Gasteiger charge is 2.26. The van der Waals surface area contributed by atoms with Gasteiger partial charge in [0.25, 0.3) is 0 Å². The maximum absolute atomic E-state index is 10.3. The molecule has 0 spiro atoms. The quantitative estimate of drug-likeness (QED) is 0.469. The van der Waals surface area contributed by atoms with Gasteiger partial charge in [-0.15, -0.1) is 0 Å². The van der Waals surface area contributed by atoms with E-state index in [0.717, 1.165) is 0 Å². The van der Waals surface area contributed by atoms with Gasteiger partial charge in [0.05, 0.1) is 0 Å². The zero-order valence-electron chi connectivity index (χ0n) is 6.37. The van der Waals surface area contributed by atoms with E-state index in [1.165, 1.54) is 13.0 Å². The van der Waals surface area contributed by atoms with E-state index >= 15 is 0 Å². The first-order valence-corrected chi connectivity index (χ1v) is 3.09. The Balaban J connectivity index is 4.62. The van der Waals surface area contributed by atoms with Gasteiger partial charge in [0.1, 0.15) is 0 Å². The summed E-state index contributed by atoms with van der Waals surface area (Å²) in [4.78, 5) is 20.6. The summed E-state index contributed by atoms with van der Waals surface area (Å²) in [5.41, 5.74) is 0.338. The Morgan fingerprint density at radius 2 is 1.64 bits per heavy atom. The summed E-state index contributed by atoms with van der Waals surface area (Å²) in [7, 11) is 0. The standard InChI is InChI=1S/C7H10O4/c1-3-4(2)5(6(8)9)7(10)11/h3,5H,1-2H3,(H,8,9)(H,10,11)/b4-3+. The molecule has 0 aromatic rings. The van der Waals surface area contributed by atoms with E-state index in [1.54, 1.807) is 6.92 Å². The third-order valence-electron chi connectivity index (χ3n) is 1.40. The van der Waals surface area contributed by atoms with Gasteiger partial charge in [0.2, 0.25) is 0 Å². The predicted molar refractivity (Wildman–Crippen MR) is 38.2 cm³/mol. The molecule has 62 valence electrons. The first-order valence-electron chi connectivity index (χ1n) is 3.09. The molecule has 0 saturated heterocycles. The van der Waals surface area contributed by atoms with Crippen LogP contribution in [0.3, 0.4) is 0 Å². The second-order valence-corrected chi connectivity index (χ2v) is 2.14. The third kappa shape index (κ3) is 2.41. The first kappa shape index (κ1) is 9.68. The van der Waals surface area contributed by atoms with E-state index in [2.05, 4.69) is 0 Å². The summed E-state index contributed by atoms with van der Waals surface area (Å²) in [6.07, 6.45) is 1.48. The van der Waals surface area contributed by atoms with E-state index in [-0.39, 0.29) is 0 Å². The average Bonchev–Trinajstić information content (AvgIpc) is 1.85. The second-order valence-electron chi connectivity index (χ2n) is 2.14. The lowest BCUT2D eigenvalue weighted by atomic mass is 10.0. The lowest BCUT2D eigenvalue weighted by Crippen LogP contribution is -2.24. The zero-order valence-corrected chi connectivity index (χ0v) is 6.37. The topological polar surface area (TPSA) is 74.6 Å². The molecule has 0 aliphatic heterocycles. The Morgan fingerprint density at radius 3 is 1.73 bits per heavy atom. The van der Waals surface area contributed by atoms with Crippen molar-refractivity contribution in [1.29, 1.82) is 0 Å². The number of hydrogen-bond donors (Lipinski definition) is 2. The maximum Gasteiger partial charge on any atom is 0.322 e. The van der Waals surface area contributed by atoms with Gasteiger partial charge in [-0.25, -0.2) is 0 Å². The van der Waals surface area contributed by atoms with Gasteiger partial charge in [-0.05, 0) is 13.8 Å². The van der Waals surface area contributed by atoms with E-state index < -0.39 is 17.9 Å². The number of hydrogen-bond acceptors (Lipinski definition) is 2. The molecule has 0 atom stereocenters. The molecule has 4 heteroatoms. The highest BCUT2D eigenvalue weighted by atomic mass is 16.4. The summed E-state index contributed by atoms with van der Waals surface area (Å²) in [5.74, 6) is -4.05. The summed E-state index contributed by atoms with van der Waals surface area (Å²) in [6, 6.07) is 0. The van der Waals surface area contributed by atoms with Gasteiger partial charge < -0.3 is 10.2 Å². The summed E-state index contributed by atoms with van der Waals surface area (Å²) in [5, 5.41) is 16.8. The Labute approximate surface area is 64.2 Å². The SMILES string of the molecule is C/C=C(\C)C(C(=O)O)C(=O)O. The van der Waals surface area contributed by atoms with Crippen LogP contribution in [0, 0.1) is 5.92 Å². The fourth-order valence-electron chi connectivity index (χ4n) is 0.662. The normalized spacial score (nSPS) is 11.7. The minimum atomic E-state index is -1.40. The Morgan fingerprint density at radius 1 is 1.27 bits per heavy atom. The van der Waals surface area contributed by atoms with Crippen LogP contribution in [0.4, 0.5) is 0 Å². The molecule has 4 nitrogen and oxygen atoms in total. The Kier molecular flexibility index (Phi) is 3.30. The van der Waals surface area contributed by atoms with Crippen LogP contribution in [-0.4, -0.2) is 22.2 Å². The molecular formula is C7H10O4. The monoisotopic (exact) mass is 158 g/mol. The van der Waals surface area contributed by atoms with Crippen LogP contribution in [0.15, 0.2) is 11.6 Å². The van der Waals surface area contributed by atoms with Crippen molar-refractivity contribution in [1.82, 2.24) is 0 Å². The number of carboxylic acid groups (broad SMARTS) is 2. The average molecular weight is 158 g/mol. The van der Waals surface area contributed by atoms with Gasteiger partial charge >= 0.3 is 11.9 Å². The molecule has 2 N–H and O–H groups in total. The van der Waals surface area contributed by atoms with Gasteiger partial charge in [-0.3, -0.25) is 9.59 Å². The van der Waals surface area contributed by atoms with Gasteiger partial charge in [0.15, 0.2) is 5.92 Å². The van der Waals surface area contributed by atoms with Crippen LogP contribution in [-0.2, 0) is 9.59 Å². The van der Waals surface area contributed by atoms with Gasteiger partial charge in [-0.2, -0.15) is 0 Å². The van der Waals surface area contributed by atoms with Crippen molar-refractivity contribution in [2.45, 2.75) is 13.8 Å². The van der Waals surface area contributed by atoms with Gasteiger partial charge in [-0.1, -0.05) is 11.6 Å². The molecule has 0 saturated carbocycles. The summed E-state index contributed by atoms with van der Waals surface area (Å²) < 4.78 is 0. The molecular weight excluding hydrogens is 148 g/mol. The van der Waals surface area contributed by atoms with Crippen LogP contribution in [0.25, 0.3) is 0 Å². The molecule has 0 bridgehead atoms. The van der Waals surface area contributed by atoms with E-state index in [4.69, 9.17) is 10.2 Å². The number of allylic oxidation sites excluding steroid dienone is 1. The van der Waals surface area contributed by atoms with Crippen molar-refractivity contribution in [2.24, 2.45) is 5.92 Å². The summed E-state index contributed by atoms with van der Waals surface area (Å²) in [6.45, 7) is 3.08. The zero-order chi connectivity index (χ0) is 9.02. The maximum atomic E-state index is 10.3. The Hall–Kier alpha value is -1.32. The third-order valence-corrected chi connectivity index (χ3v) is 1.40. The fourth-order valence-corrected chi connectivity index (χ4v) is 0.662. The lowest BCUT2D eigenvalue weighted by Gasteiger charge is -2.05. The molecule has 0 aliphatic rings. The molecule has 0 fully saturated rings. The molecule has 11 heavy (non-hydrogen) atoms. The smallest absolute Gasteiger partial charge is 0.322 e. The van der Waals surface area contributed by atoms with Gasteiger partial charge in [0, 0.05) is 0 Å². The van der Waals surface area contributed by atoms with Crippen LogP contribution in [0.2, 0.25) is 0 Å². The number of aliphatic carboxylic acids is 2. The minimum Gasteiger partial charge on any atom is -0.480 e. The second kappa shape index (κ2) is 3.75. The van der Waals surface area contributed by atoms with Crippen LogP contribution in [0.5, 0.6) is 0 Å². The first-order chi connectivity index (χ1) is 5.00. The number of rotatable bonds is 3. The van der Waals surface area contributed by atoms with Crippen LogP contribution in [0.1, 0.15) is 13.8 Å². The summed E-state index contributed by atoms with van der Waals surface area (Å²) >= 11 is 0. The van der Waals surface area contributed by atoms with E-state index in [9.17, 15) is 9.59 Å². The predicted octanol–water partition coefficient (Wildman–Crippen LogP) is 0.738. The molecule has 0 heterocycles. The van der Waals surface area contributed by atoms with Crippen molar-refractivity contribution in [3.8, 4) is 0 Å². The lowest BCUT2D eigenvalue weighted by molar-refractivity contribution is -0.152. The highest BCUT2D eigenvalue weighted by molar-refractivity contribution is 5.96. The van der Waals surface area contributed by atoms with E-state index in [0.29, 0.717) is 5.57 Å². The molecule has 0 aliphatic carbocycles. The number of carbonyl (C=O) groups is 2. The number of carboxylic acids is 2. The van der Waals surface area contributed by atoms with Crippen molar-refractivity contribution in [2.75, 3.05) is 0 Å². The molecule has 0 rings (SSSR count). The van der Waals surface area contributed by atoms with E-state index in [1.807, 2.05) is 0 Å². The van der Waals surface area contributed by atoms with Crippen molar-refractivity contribution in [3.63, 3.8) is 0 Å². The van der Waals surface area contributed by atoms with Crippen molar-refractivity contribution >= 4 is 11.9 Å². The van der Waals surface area contributed by atoms with Crippen LogP contribution >= 0.6 is 0 Å². The van der Waals surface area contributed by atoms with Crippen LogP contribution < -0.4 is 0 Å². The highest BCUT2D eigenvalue weighted by Crippen LogP contribution is 2.10. The molecule has 0 radical (unpaired) electrons. The van der Waals surface area contributed by atoms with Crippen molar-refractivity contribution < 1.29 is 19.8 Å². The van der Waals surface area contributed by atoms with Crippen molar-refractivity contribution in [3.05, 3.63) is 11.6 Å². The Bertz CT molecular complexity index is 190. The fraction of sp³-hybridized carbons (Fsp3) is 0.429.